The Morgan fingerprint density at radius 1 is 0.971 bits per heavy atom. The molecular weight excluding hydrogens is 450 g/mol. The van der Waals surface area contributed by atoms with Crippen LogP contribution in [0, 0.1) is 6.92 Å². The highest BCUT2D eigenvalue weighted by Crippen LogP contribution is 2.31. The number of benzene rings is 3. The Morgan fingerprint density at radius 3 is 2.57 bits per heavy atom. The van der Waals surface area contributed by atoms with Gasteiger partial charge in [-0.25, -0.2) is 4.79 Å². The summed E-state index contributed by atoms with van der Waals surface area (Å²) in [4.78, 5) is 29.7. The highest BCUT2D eigenvalue weighted by atomic mass is 16.6. The zero-order valence-corrected chi connectivity index (χ0v) is 19.4. The Kier molecular flexibility index (Phi) is 7.06. The van der Waals surface area contributed by atoms with Gasteiger partial charge in [0.15, 0.2) is 6.61 Å². The monoisotopic (exact) mass is 473 g/mol. The van der Waals surface area contributed by atoms with Crippen LogP contribution in [0.3, 0.4) is 0 Å². The number of hydrogen-bond donors (Lipinski definition) is 1. The topological polar surface area (TPSA) is 113 Å². The van der Waals surface area contributed by atoms with E-state index in [0.717, 1.165) is 5.56 Å². The van der Waals surface area contributed by atoms with Crippen molar-refractivity contribution >= 4 is 17.6 Å². The number of aryl methyl sites for hydroxylation is 1. The van der Waals surface area contributed by atoms with Crippen LogP contribution in [0.15, 0.2) is 71.3 Å². The number of anilines is 1. The molecule has 178 valence electrons. The minimum Gasteiger partial charge on any atom is -0.497 e. The molecule has 0 spiro atoms. The molecule has 4 aromatic rings. The second-order valence-corrected chi connectivity index (χ2v) is 7.52. The van der Waals surface area contributed by atoms with Gasteiger partial charge in [-0.05, 0) is 43.3 Å². The number of esters is 1. The van der Waals surface area contributed by atoms with E-state index in [9.17, 15) is 9.59 Å². The molecule has 0 saturated carbocycles. The Balaban J connectivity index is 1.45. The molecule has 0 fully saturated rings. The molecule has 0 unspecified atom stereocenters. The molecule has 1 aromatic heterocycles. The molecule has 0 saturated heterocycles. The highest BCUT2D eigenvalue weighted by molar-refractivity contribution is 6.08. The van der Waals surface area contributed by atoms with Crippen molar-refractivity contribution in [3.8, 4) is 22.9 Å². The first-order valence-electron chi connectivity index (χ1n) is 10.7. The molecular formula is C26H23N3O6. The molecule has 1 heterocycles. The Hall–Kier alpha value is -4.66. The van der Waals surface area contributed by atoms with E-state index in [0.29, 0.717) is 28.3 Å². The Morgan fingerprint density at radius 2 is 1.80 bits per heavy atom. The van der Waals surface area contributed by atoms with Crippen molar-refractivity contribution < 1.29 is 28.3 Å². The first-order chi connectivity index (χ1) is 17.0. The molecule has 9 nitrogen and oxygen atoms in total. The number of rotatable bonds is 8. The van der Waals surface area contributed by atoms with Crippen molar-refractivity contribution in [1.29, 1.82) is 0 Å². The average Bonchev–Trinajstić information content (AvgIpc) is 3.36. The third kappa shape index (κ3) is 5.47. The fraction of sp³-hybridized carbons (Fsp3) is 0.154. The third-order valence-electron chi connectivity index (χ3n) is 5.12. The summed E-state index contributed by atoms with van der Waals surface area (Å²) >= 11 is 0. The molecule has 0 aliphatic heterocycles. The van der Waals surface area contributed by atoms with Gasteiger partial charge in [-0.15, -0.1) is 0 Å². The van der Waals surface area contributed by atoms with Crippen LogP contribution in [0.25, 0.3) is 11.4 Å². The van der Waals surface area contributed by atoms with E-state index < -0.39 is 5.97 Å². The Labute approximate surface area is 201 Å². The summed E-state index contributed by atoms with van der Waals surface area (Å²) in [7, 11) is 3.08. The molecule has 0 radical (unpaired) electrons. The fourth-order valence-corrected chi connectivity index (χ4v) is 3.36. The van der Waals surface area contributed by atoms with Crippen LogP contribution in [-0.2, 0) is 11.3 Å². The first kappa shape index (κ1) is 23.5. The van der Waals surface area contributed by atoms with Crippen molar-refractivity contribution in [2.24, 2.45) is 0 Å². The van der Waals surface area contributed by atoms with E-state index in [1.54, 1.807) is 67.8 Å². The first-order valence-corrected chi connectivity index (χ1v) is 10.7. The lowest BCUT2D eigenvalue weighted by atomic mass is 10.1. The summed E-state index contributed by atoms with van der Waals surface area (Å²) in [5, 5.41) is 6.71. The molecule has 0 atom stereocenters. The van der Waals surface area contributed by atoms with Gasteiger partial charge in [-0.2, -0.15) is 4.98 Å². The minimum atomic E-state index is -0.646. The molecule has 1 amide bonds. The van der Waals surface area contributed by atoms with Gasteiger partial charge in [0.25, 0.3) is 11.8 Å². The van der Waals surface area contributed by atoms with Gasteiger partial charge in [-0.1, -0.05) is 35.0 Å². The number of carbonyl (C=O) groups excluding carboxylic acids is 2. The maximum absolute atomic E-state index is 12.8. The van der Waals surface area contributed by atoms with Crippen LogP contribution in [0.2, 0.25) is 0 Å². The van der Waals surface area contributed by atoms with Gasteiger partial charge in [-0.3, -0.25) is 4.79 Å². The lowest BCUT2D eigenvalue weighted by Crippen LogP contribution is -2.16. The smallest absolute Gasteiger partial charge is 0.340 e. The summed E-state index contributed by atoms with van der Waals surface area (Å²) in [5.41, 5.74) is 2.57. The van der Waals surface area contributed by atoms with Gasteiger partial charge in [0.2, 0.25) is 5.82 Å². The molecule has 35 heavy (non-hydrogen) atoms. The molecule has 3 aromatic carbocycles. The number of nitrogens with one attached hydrogen (secondary N) is 1. The van der Waals surface area contributed by atoms with Crippen LogP contribution in [0.5, 0.6) is 11.5 Å². The number of nitrogens with zero attached hydrogens (tertiary/aromatic N) is 2. The van der Waals surface area contributed by atoms with Crippen LogP contribution in [-0.4, -0.2) is 36.2 Å². The van der Waals surface area contributed by atoms with E-state index >= 15 is 0 Å². The van der Waals surface area contributed by atoms with Gasteiger partial charge in [0, 0.05) is 11.6 Å². The minimum absolute atomic E-state index is 0.104. The van der Waals surface area contributed by atoms with E-state index in [-0.39, 0.29) is 29.8 Å². The van der Waals surface area contributed by atoms with Gasteiger partial charge in [0.05, 0.1) is 31.0 Å². The van der Waals surface area contributed by atoms with Crippen molar-refractivity contribution in [3.05, 3.63) is 89.3 Å². The standard InChI is InChI=1S/C26H23N3O6/c1-16-7-6-8-17(13-16)25(30)27-21-10-5-4-9-19(21)26(31)34-15-23-28-24(29-35-23)20-12-11-18(32-2)14-22(20)33-3/h4-14H,15H2,1-3H3,(H,27,30). The van der Waals surface area contributed by atoms with Crippen LogP contribution in [0.1, 0.15) is 32.2 Å². The number of carbonyl (C=O) groups is 2. The lowest BCUT2D eigenvalue weighted by molar-refractivity contribution is 0.0431. The zero-order chi connectivity index (χ0) is 24.8. The summed E-state index contributed by atoms with van der Waals surface area (Å²) < 4.78 is 21.2. The van der Waals surface area contributed by atoms with E-state index in [1.807, 2.05) is 13.0 Å². The van der Waals surface area contributed by atoms with Gasteiger partial charge < -0.3 is 24.1 Å². The Bertz CT molecular complexity index is 1360. The van der Waals surface area contributed by atoms with Crippen molar-refractivity contribution in [2.45, 2.75) is 13.5 Å². The van der Waals surface area contributed by atoms with Crippen molar-refractivity contribution in [3.63, 3.8) is 0 Å². The second kappa shape index (κ2) is 10.5. The van der Waals surface area contributed by atoms with Crippen molar-refractivity contribution in [1.82, 2.24) is 10.1 Å². The summed E-state index contributed by atoms with van der Waals surface area (Å²) in [6, 6.07) is 18.9. The maximum Gasteiger partial charge on any atom is 0.340 e. The van der Waals surface area contributed by atoms with Crippen LogP contribution < -0.4 is 14.8 Å². The molecule has 0 aliphatic carbocycles. The van der Waals surface area contributed by atoms with Gasteiger partial charge in [0.1, 0.15) is 11.5 Å². The molecule has 0 aliphatic rings. The molecule has 1 N–H and O–H groups in total. The van der Waals surface area contributed by atoms with Crippen molar-refractivity contribution in [2.75, 3.05) is 19.5 Å². The molecule has 4 rings (SSSR count). The largest absolute Gasteiger partial charge is 0.497 e. The third-order valence-corrected chi connectivity index (χ3v) is 5.12. The summed E-state index contributed by atoms with van der Waals surface area (Å²) in [6.45, 7) is 1.65. The van der Waals surface area contributed by atoms with E-state index in [1.165, 1.54) is 7.11 Å². The van der Waals surface area contributed by atoms with E-state index in [2.05, 4.69) is 15.5 Å². The van der Waals surface area contributed by atoms with E-state index in [4.69, 9.17) is 18.7 Å². The number of para-hydroxylation sites is 1. The summed E-state index contributed by atoms with van der Waals surface area (Å²) in [6.07, 6.45) is 0. The predicted molar refractivity (Wildman–Crippen MR) is 128 cm³/mol. The van der Waals surface area contributed by atoms with Gasteiger partial charge >= 0.3 is 5.97 Å². The van der Waals surface area contributed by atoms with Crippen LogP contribution in [0.4, 0.5) is 5.69 Å². The number of hydrogen-bond acceptors (Lipinski definition) is 8. The fourth-order valence-electron chi connectivity index (χ4n) is 3.36. The van der Waals surface area contributed by atoms with Crippen LogP contribution >= 0.6 is 0 Å². The quantitative estimate of drug-likeness (QED) is 0.367. The molecule has 9 heteroatoms. The SMILES string of the molecule is COc1ccc(-c2noc(COC(=O)c3ccccc3NC(=O)c3cccc(C)c3)n2)c(OC)c1. The zero-order valence-electron chi connectivity index (χ0n) is 19.4. The second-order valence-electron chi connectivity index (χ2n) is 7.52. The average molecular weight is 473 g/mol. The number of aromatic nitrogens is 2. The maximum atomic E-state index is 12.8. The molecule has 0 bridgehead atoms. The number of ether oxygens (including phenoxy) is 3. The summed E-state index contributed by atoms with van der Waals surface area (Å²) in [5.74, 6) is 0.535. The lowest BCUT2D eigenvalue weighted by Gasteiger charge is -2.10. The predicted octanol–water partition coefficient (Wildman–Crippen LogP) is 4.67. The number of amides is 1. The normalized spacial score (nSPS) is 10.5. The highest BCUT2D eigenvalue weighted by Gasteiger charge is 2.18. The number of methoxy groups -OCH3 is 2.